The maximum Gasteiger partial charge on any atom is 0.0797 e. The Morgan fingerprint density at radius 1 is 1.50 bits per heavy atom. The van der Waals surface area contributed by atoms with Gasteiger partial charge in [-0.3, -0.25) is 0 Å². The Labute approximate surface area is 90.2 Å². The average Bonchev–Trinajstić information content (AvgIpc) is 2.58. The van der Waals surface area contributed by atoms with Crippen LogP contribution in [0.5, 0.6) is 0 Å². The first-order chi connectivity index (χ1) is 6.74. The van der Waals surface area contributed by atoms with Gasteiger partial charge in [0.1, 0.15) is 0 Å². The highest BCUT2D eigenvalue weighted by Crippen LogP contribution is 2.12. The van der Waals surface area contributed by atoms with Crippen molar-refractivity contribution >= 4 is 11.3 Å². The zero-order valence-electron chi connectivity index (χ0n) is 9.21. The summed E-state index contributed by atoms with van der Waals surface area (Å²) in [7, 11) is 4.15. The number of aryl methyl sites for hydroxylation is 1. The van der Waals surface area contributed by atoms with Gasteiger partial charge in [-0.2, -0.15) is 0 Å². The largest absolute Gasteiger partial charge is 0.318 e. The van der Waals surface area contributed by atoms with E-state index in [1.54, 1.807) is 11.3 Å². The second-order valence-electron chi connectivity index (χ2n) is 3.52. The van der Waals surface area contributed by atoms with E-state index in [0.717, 1.165) is 26.1 Å². The van der Waals surface area contributed by atoms with Gasteiger partial charge in [-0.1, -0.05) is 0 Å². The summed E-state index contributed by atoms with van der Waals surface area (Å²) in [6.07, 6.45) is 1.12. The Morgan fingerprint density at radius 3 is 2.86 bits per heavy atom. The Bertz CT molecular complexity index is 260. The zero-order valence-corrected chi connectivity index (χ0v) is 10.0. The lowest BCUT2D eigenvalue weighted by molar-refractivity contribution is 0.340. The lowest BCUT2D eigenvalue weighted by atomic mass is 10.3. The molecule has 0 atom stereocenters. The Hall–Kier alpha value is -0.450. The van der Waals surface area contributed by atoms with Crippen LogP contribution in [0.2, 0.25) is 0 Å². The van der Waals surface area contributed by atoms with Gasteiger partial charge < -0.3 is 10.2 Å². The lowest BCUT2D eigenvalue weighted by Crippen LogP contribution is -2.29. The van der Waals surface area contributed by atoms with Crippen LogP contribution in [0.15, 0.2) is 5.51 Å². The third kappa shape index (κ3) is 3.74. The first-order valence-electron chi connectivity index (χ1n) is 4.96. The van der Waals surface area contributed by atoms with Crippen LogP contribution in [0, 0.1) is 6.92 Å². The van der Waals surface area contributed by atoms with Crippen LogP contribution >= 0.6 is 11.3 Å². The molecule has 0 saturated heterocycles. The van der Waals surface area contributed by atoms with E-state index in [4.69, 9.17) is 0 Å². The minimum atomic E-state index is 1.05. The molecule has 4 heteroatoms. The summed E-state index contributed by atoms with van der Waals surface area (Å²) in [6, 6.07) is 0. The summed E-state index contributed by atoms with van der Waals surface area (Å²) in [4.78, 5) is 8.01. The molecule has 1 aromatic heterocycles. The zero-order chi connectivity index (χ0) is 10.4. The molecule has 0 aliphatic rings. The molecule has 3 nitrogen and oxygen atoms in total. The summed E-state index contributed by atoms with van der Waals surface area (Å²) in [5, 5.41) is 3.15. The molecular weight excluding hydrogens is 194 g/mol. The third-order valence-corrected chi connectivity index (χ3v) is 3.30. The minimum absolute atomic E-state index is 1.05. The van der Waals surface area contributed by atoms with E-state index in [9.17, 15) is 0 Å². The average molecular weight is 213 g/mol. The molecule has 1 aromatic rings. The van der Waals surface area contributed by atoms with Gasteiger partial charge >= 0.3 is 0 Å². The molecule has 1 rings (SSSR count). The summed E-state index contributed by atoms with van der Waals surface area (Å²) in [5.41, 5.74) is 3.12. The smallest absolute Gasteiger partial charge is 0.0797 e. The van der Waals surface area contributed by atoms with E-state index in [2.05, 4.69) is 29.2 Å². The predicted molar refractivity (Wildman–Crippen MR) is 62.0 cm³/mol. The van der Waals surface area contributed by atoms with Crippen LogP contribution in [0.1, 0.15) is 10.6 Å². The predicted octanol–water partition coefficient (Wildman–Crippen LogP) is 1.15. The Balaban J connectivity index is 2.23. The van der Waals surface area contributed by atoms with Crippen LogP contribution in [0.3, 0.4) is 0 Å². The maximum atomic E-state index is 4.24. The van der Waals surface area contributed by atoms with Crippen LogP contribution in [0.25, 0.3) is 0 Å². The second kappa shape index (κ2) is 6.11. The lowest BCUT2D eigenvalue weighted by Gasteiger charge is -2.15. The van der Waals surface area contributed by atoms with Gasteiger partial charge in [0.25, 0.3) is 0 Å². The topological polar surface area (TPSA) is 28.2 Å². The standard InChI is InChI=1S/C10H19N3S/c1-9-10(14-8-12-9)4-6-13(3)7-5-11-2/h8,11H,4-7H2,1-3H3. The SMILES string of the molecule is CNCCN(C)CCc1scnc1C. The summed E-state index contributed by atoms with van der Waals surface area (Å²) in [6.45, 7) is 5.36. The van der Waals surface area contributed by atoms with Crippen LogP contribution in [-0.2, 0) is 6.42 Å². The quantitative estimate of drug-likeness (QED) is 0.768. The van der Waals surface area contributed by atoms with Crippen molar-refractivity contribution < 1.29 is 0 Å². The number of thiazole rings is 1. The highest BCUT2D eigenvalue weighted by Gasteiger charge is 2.03. The summed E-state index contributed by atoms with van der Waals surface area (Å²) in [5.74, 6) is 0. The van der Waals surface area contributed by atoms with Crippen molar-refractivity contribution in [1.82, 2.24) is 15.2 Å². The summed E-state index contributed by atoms with van der Waals surface area (Å²) >= 11 is 1.76. The van der Waals surface area contributed by atoms with Gasteiger partial charge in [-0.15, -0.1) is 11.3 Å². The van der Waals surface area contributed by atoms with E-state index in [-0.39, 0.29) is 0 Å². The Morgan fingerprint density at radius 2 is 2.29 bits per heavy atom. The third-order valence-electron chi connectivity index (χ3n) is 2.31. The van der Waals surface area contributed by atoms with Gasteiger partial charge in [0.05, 0.1) is 11.2 Å². The molecule has 0 aliphatic heterocycles. The van der Waals surface area contributed by atoms with Crippen LogP contribution < -0.4 is 5.32 Å². The molecule has 0 spiro atoms. The highest BCUT2D eigenvalue weighted by molar-refractivity contribution is 7.09. The number of nitrogens with zero attached hydrogens (tertiary/aromatic N) is 2. The second-order valence-corrected chi connectivity index (χ2v) is 4.46. The summed E-state index contributed by atoms with van der Waals surface area (Å²) < 4.78 is 0. The number of aromatic nitrogens is 1. The normalized spacial score (nSPS) is 11.1. The molecular formula is C10H19N3S. The maximum absolute atomic E-state index is 4.24. The van der Waals surface area contributed by atoms with Gasteiger partial charge in [-0.25, -0.2) is 4.98 Å². The molecule has 0 aromatic carbocycles. The van der Waals surface area contributed by atoms with Crippen molar-refractivity contribution in [3.8, 4) is 0 Å². The monoisotopic (exact) mass is 213 g/mol. The number of nitrogens with one attached hydrogen (secondary N) is 1. The molecule has 0 bridgehead atoms. The first-order valence-corrected chi connectivity index (χ1v) is 5.84. The van der Waals surface area contributed by atoms with Gasteiger partial charge in [0.2, 0.25) is 0 Å². The molecule has 1 heterocycles. The number of rotatable bonds is 6. The number of likely N-dealkylation sites (N-methyl/N-ethyl adjacent to an activating group) is 2. The van der Waals surface area contributed by atoms with Crippen molar-refractivity contribution in [2.45, 2.75) is 13.3 Å². The highest BCUT2D eigenvalue weighted by atomic mass is 32.1. The molecule has 1 N–H and O–H groups in total. The van der Waals surface area contributed by atoms with Crippen molar-refractivity contribution in [3.63, 3.8) is 0 Å². The van der Waals surface area contributed by atoms with Gasteiger partial charge in [0, 0.05) is 24.5 Å². The van der Waals surface area contributed by atoms with Gasteiger partial charge in [0.15, 0.2) is 0 Å². The molecule has 0 fully saturated rings. The van der Waals surface area contributed by atoms with Gasteiger partial charge in [-0.05, 0) is 27.4 Å². The van der Waals surface area contributed by atoms with Crippen molar-refractivity contribution in [3.05, 3.63) is 16.1 Å². The fraction of sp³-hybridized carbons (Fsp3) is 0.700. The molecule has 80 valence electrons. The van der Waals surface area contributed by atoms with E-state index < -0.39 is 0 Å². The molecule has 0 aliphatic carbocycles. The van der Waals surface area contributed by atoms with E-state index >= 15 is 0 Å². The fourth-order valence-corrected chi connectivity index (χ4v) is 2.04. The Kier molecular flexibility index (Phi) is 5.07. The molecule has 0 saturated carbocycles. The molecule has 0 amide bonds. The van der Waals surface area contributed by atoms with E-state index in [1.165, 1.54) is 10.6 Å². The van der Waals surface area contributed by atoms with Crippen LogP contribution in [0.4, 0.5) is 0 Å². The number of hydrogen-bond donors (Lipinski definition) is 1. The van der Waals surface area contributed by atoms with E-state index in [0.29, 0.717) is 0 Å². The molecule has 0 unspecified atom stereocenters. The molecule has 14 heavy (non-hydrogen) atoms. The van der Waals surface area contributed by atoms with Crippen molar-refractivity contribution in [2.75, 3.05) is 33.7 Å². The molecule has 0 radical (unpaired) electrons. The first kappa shape index (κ1) is 11.6. The fourth-order valence-electron chi connectivity index (χ4n) is 1.27. The van der Waals surface area contributed by atoms with Crippen molar-refractivity contribution in [1.29, 1.82) is 0 Å². The van der Waals surface area contributed by atoms with E-state index in [1.807, 2.05) is 12.6 Å². The number of hydrogen-bond acceptors (Lipinski definition) is 4. The van der Waals surface area contributed by atoms with Crippen LogP contribution in [-0.4, -0.2) is 43.6 Å². The van der Waals surface area contributed by atoms with Crippen molar-refractivity contribution in [2.24, 2.45) is 0 Å². The minimum Gasteiger partial charge on any atom is -0.318 e.